The van der Waals surface area contributed by atoms with E-state index in [-0.39, 0.29) is 24.0 Å². The van der Waals surface area contributed by atoms with Gasteiger partial charge in [0.1, 0.15) is 6.61 Å². The second-order valence-electron chi connectivity index (χ2n) is 8.75. The number of carbonyl (C=O) groups is 1. The Morgan fingerprint density at radius 2 is 1.96 bits per heavy atom. The highest BCUT2D eigenvalue weighted by Crippen LogP contribution is 2.44. The topological polar surface area (TPSA) is 95.2 Å². The van der Waals surface area contributed by atoms with Crippen LogP contribution in [0.4, 0.5) is 0 Å². The third kappa shape index (κ3) is 3.56. The molecule has 0 fully saturated rings. The van der Waals surface area contributed by atoms with Crippen LogP contribution in [0.5, 0.6) is 0 Å². The first-order valence-corrected chi connectivity index (χ1v) is 9.46. The molecule has 1 heterocycles. The van der Waals surface area contributed by atoms with Gasteiger partial charge in [0.05, 0.1) is 11.5 Å². The monoisotopic (exact) mass is 384 g/mol. The Hall–Kier alpha value is -2.60. The molecule has 150 valence electrons. The van der Waals surface area contributed by atoms with Crippen molar-refractivity contribution in [1.29, 1.82) is 0 Å². The van der Waals surface area contributed by atoms with Crippen LogP contribution < -0.4 is 5.56 Å². The Morgan fingerprint density at radius 3 is 2.54 bits per heavy atom. The molecule has 0 saturated heterocycles. The summed E-state index contributed by atoms with van der Waals surface area (Å²) in [7, 11) is 0. The molecule has 0 unspecified atom stereocenters. The number of esters is 1. The molecule has 0 spiro atoms. The Balaban J connectivity index is 2.14. The van der Waals surface area contributed by atoms with Crippen LogP contribution in [0, 0.1) is 5.92 Å². The van der Waals surface area contributed by atoms with Crippen molar-refractivity contribution in [3.8, 4) is 0 Å². The summed E-state index contributed by atoms with van der Waals surface area (Å²) in [5.41, 5.74) is 1.37. The molecule has 6 heteroatoms. The first-order valence-electron chi connectivity index (χ1n) is 9.46. The molecule has 3 atom stereocenters. The maximum absolute atomic E-state index is 12.9. The predicted octanol–water partition coefficient (Wildman–Crippen LogP) is 2.78. The Bertz CT molecular complexity index is 929. The maximum atomic E-state index is 12.9. The molecule has 0 aliphatic heterocycles. The number of rotatable bonds is 4. The van der Waals surface area contributed by atoms with Crippen LogP contribution in [0.15, 0.2) is 41.7 Å². The minimum atomic E-state index is -1.37. The van der Waals surface area contributed by atoms with Crippen molar-refractivity contribution >= 4 is 5.97 Å². The van der Waals surface area contributed by atoms with Crippen LogP contribution in [0.1, 0.15) is 56.0 Å². The molecule has 1 aromatic carbocycles. The highest BCUT2D eigenvalue weighted by molar-refractivity contribution is 5.77. The van der Waals surface area contributed by atoms with Crippen LogP contribution >= 0.6 is 0 Å². The van der Waals surface area contributed by atoms with E-state index in [9.17, 15) is 14.7 Å². The largest absolute Gasteiger partial charge is 0.461 e. The molecule has 28 heavy (non-hydrogen) atoms. The van der Waals surface area contributed by atoms with Gasteiger partial charge in [0.25, 0.3) is 5.56 Å². The molecular weight excluding hydrogens is 356 g/mol. The maximum Gasteiger partial charge on any atom is 0.313 e. The molecule has 0 amide bonds. The van der Waals surface area contributed by atoms with Crippen LogP contribution in [0.3, 0.4) is 0 Å². The zero-order chi connectivity index (χ0) is 20.7. The number of hydrogen-bond acceptors (Lipinski definition) is 4. The number of aromatic nitrogens is 2. The number of H-pyrrole nitrogens is 2. The molecule has 1 aromatic heterocycles. The number of ether oxygens (including phenoxy) is 1. The lowest BCUT2D eigenvalue weighted by Gasteiger charge is -2.40. The molecular formula is C22H28N2O4. The standard InChI is InChI=1S/C22H28N2O4/c1-6-11-28-20(26)18-16(13-7-9-14(10-8-13)21(2,3)4)17-15(12-22(18,5)27)23-24-19(17)25/h6-10,16,18,27H,1,11-12H2,2-5H3,(H2,23,24,25)/t16-,18+,22+/m0/s1. The quantitative estimate of drug-likeness (QED) is 0.558. The molecule has 2 aromatic rings. The Morgan fingerprint density at radius 1 is 1.32 bits per heavy atom. The van der Waals surface area contributed by atoms with Gasteiger partial charge in [-0.25, -0.2) is 0 Å². The summed E-state index contributed by atoms with van der Waals surface area (Å²) in [5, 5.41) is 16.6. The fraction of sp³-hybridized carbons (Fsp3) is 0.455. The third-order valence-corrected chi connectivity index (χ3v) is 5.48. The molecule has 3 N–H and O–H groups in total. The molecule has 1 aliphatic rings. The predicted molar refractivity (Wildman–Crippen MR) is 107 cm³/mol. The normalized spacial score (nSPS) is 24.5. The summed E-state index contributed by atoms with van der Waals surface area (Å²) in [6.45, 7) is 11.6. The zero-order valence-electron chi connectivity index (χ0n) is 16.8. The van der Waals surface area contributed by atoms with Crippen molar-refractivity contribution in [2.75, 3.05) is 6.61 Å². The number of benzene rings is 1. The molecule has 3 rings (SSSR count). The highest BCUT2D eigenvalue weighted by atomic mass is 16.5. The van der Waals surface area contributed by atoms with Gasteiger partial charge in [0.2, 0.25) is 0 Å². The first kappa shape index (κ1) is 20.1. The molecule has 1 aliphatic carbocycles. The van der Waals surface area contributed by atoms with Crippen molar-refractivity contribution in [2.45, 2.75) is 51.0 Å². The molecule has 0 saturated carbocycles. The zero-order valence-corrected chi connectivity index (χ0v) is 16.8. The van der Waals surface area contributed by atoms with Crippen LogP contribution in [-0.4, -0.2) is 33.5 Å². The lowest BCUT2D eigenvalue weighted by molar-refractivity contribution is -0.158. The summed E-state index contributed by atoms with van der Waals surface area (Å²) >= 11 is 0. The second kappa shape index (κ2) is 7.09. The fourth-order valence-corrected chi connectivity index (χ4v) is 4.04. The van der Waals surface area contributed by atoms with Crippen LogP contribution in [0.2, 0.25) is 0 Å². The van der Waals surface area contributed by atoms with Crippen molar-refractivity contribution in [2.24, 2.45) is 5.92 Å². The van der Waals surface area contributed by atoms with Crippen molar-refractivity contribution in [1.82, 2.24) is 10.2 Å². The highest BCUT2D eigenvalue weighted by Gasteiger charge is 2.51. The smallest absolute Gasteiger partial charge is 0.313 e. The number of fused-ring (bicyclic) bond motifs is 1. The lowest BCUT2D eigenvalue weighted by atomic mass is 9.66. The van der Waals surface area contributed by atoms with Gasteiger partial charge in [-0.3, -0.25) is 14.7 Å². The minimum Gasteiger partial charge on any atom is -0.461 e. The number of hydrogen-bond donors (Lipinski definition) is 3. The van der Waals surface area contributed by atoms with E-state index in [0.717, 1.165) is 11.1 Å². The summed E-state index contributed by atoms with van der Waals surface area (Å²) < 4.78 is 5.29. The first-order chi connectivity index (χ1) is 13.1. The van der Waals surface area contributed by atoms with Crippen molar-refractivity contribution < 1.29 is 14.6 Å². The van der Waals surface area contributed by atoms with E-state index < -0.39 is 23.4 Å². The van der Waals surface area contributed by atoms with Crippen molar-refractivity contribution in [3.05, 3.63) is 69.7 Å². The number of aliphatic hydroxyl groups is 1. The molecule has 6 nitrogen and oxygen atoms in total. The minimum absolute atomic E-state index is 0.0183. The number of carbonyl (C=O) groups excluding carboxylic acids is 1. The SMILES string of the molecule is C=CCOC(=O)[C@H]1[C@@H](c2ccc(C(C)(C)C)cc2)c2c([nH][nH]c2=O)C[C@@]1(C)O. The van der Waals surface area contributed by atoms with E-state index >= 15 is 0 Å². The average molecular weight is 384 g/mol. The van der Waals surface area contributed by atoms with E-state index in [1.54, 1.807) is 6.92 Å². The fourth-order valence-electron chi connectivity index (χ4n) is 4.04. The van der Waals surface area contributed by atoms with Gasteiger partial charge < -0.3 is 14.9 Å². The van der Waals surface area contributed by atoms with Gasteiger partial charge >= 0.3 is 5.97 Å². The molecule has 0 bridgehead atoms. The van der Waals surface area contributed by atoms with Gasteiger partial charge in [-0.05, 0) is 23.5 Å². The van der Waals surface area contributed by atoms with Crippen molar-refractivity contribution in [3.63, 3.8) is 0 Å². The van der Waals surface area contributed by atoms with Crippen LogP contribution in [0.25, 0.3) is 0 Å². The van der Waals surface area contributed by atoms with Gasteiger partial charge in [-0.1, -0.05) is 57.7 Å². The van der Waals surface area contributed by atoms with Gasteiger partial charge in [0, 0.05) is 23.6 Å². The van der Waals surface area contributed by atoms with E-state index in [1.807, 2.05) is 24.3 Å². The Labute approximate surface area is 164 Å². The second-order valence-corrected chi connectivity index (χ2v) is 8.75. The third-order valence-electron chi connectivity index (χ3n) is 5.48. The summed E-state index contributed by atoms with van der Waals surface area (Å²) in [5.74, 6) is -2.06. The summed E-state index contributed by atoms with van der Waals surface area (Å²) in [4.78, 5) is 25.4. The number of nitrogens with one attached hydrogen (secondary N) is 2. The Kier molecular flexibility index (Phi) is 5.10. The van der Waals surface area contributed by atoms with Gasteiger partial charge in [0.15, 0.2) is 0 Å². The van der Waals surface area contributed by atoms with Gasteiger partial charge in [-0.2, -0.15) is 0 Å². The molecule has 0 radical (unpaired) electrons. The van der Waals surface area contributed by atoms with E-state index in [2.05, 4.69) is 37.5 Å². The van der Waals surface area contributed by atoms with Gasteiger partial charge in [-0.15, -0.1) is 0 Å². The van der Waals surface area contributed by atoms with E-state index in [1.165, 1.54) is 6.08 Å². The average Bonchev–Trinajstić information content (AvgIpc) is 2.97. The summed E-state index contributed by atoms with van der Waals surface area (Å²) in [6, 6.07) is 7.86. The van der Waals surface area contributed by atoms with Crippen LogP contribution in [-0.2, 0) is 21.4 Å². The van der Waals surface area contributed by atoms with E-state index in [0.29, 0.717) is 11.3 Å². The lowest BCUT2D eigenvalue weighted by Crippen LogP contribution is -2.50. The summed E-state index contributed by atoms with van der Waals surface area (Å²) in [6.07, 6.45) is 1.64. The van der Waals surface area contributed by atoms with E-state index in [4.69, 9.17) is 4.74 Å². The number of aromatic amines is 2.